The third-order valence-corrected chi connectivity index (χ3v) is 6.35. The first-order chi connectivity index (χ1) is 19.2. The molecule has 0 aliphatic heterocycles. The minimum absolute atomic E-state index is 0.149. The lowest BCUT2D eigenvalue weighted by Crippen LogP contribution is -2.48. The highest BCUT2D eigenvalue weighted by atomic mass is 19.4. The van der Waals surface area contributed by atoms with Gasteiger partial charge < -0.3 is 19.9 Å². The number of imidazole rings is 1. The van der Waals surface area contributed by atoms with Crippen molar-refractivity contribution >= 4 is 23.6 Å². The van der Waals surface area contributed by atoms with Gasteiger partial charge in [-0.15, -0.1) is 0 Å². The number of nitrogens with one attached hydrogen (secondary N) is 3. The Balaban J connectivity index is 1.72. The molecule has 0 bridgehead atoms. The van der Waals surface area contributed by atoms with Gasteiger partial charge in [0, 0.05) is 23.2 Å². The molecule has 0 unspecified atom stereocenters. The zero-order valence-corrected chi connectivity index (χ0v) is 23.6. The van der Waals surface area contributed by atoms with E-state index >= 15 is 0 Å². The second-order valence-corrected chi connectivity index (χ2v) is 10.9. The number of aromatic nitrogens is 4. The number of aromatic amines is 1. The summed E-state index contributed by atoms with van der Waals surface area (Å²) in [5, 5.41) is 11.2. The number of alkyl halides is 3. The van der Waals surface area contributed by atoms with Crippen LogP contribution in [0.5, 0.6) is 0 Å². The Morgan fingerprint density at radius 1 is 1.15 bits per heavy atom. The predicted molar refractivity (Wildman–Crippen MR) is 146 cm³/mol. The average molecular weight is 577 g/mol. The van der Waals surface area contributed by atoms with Crippen LogP contribution in [-0.4, -0.2) is 49.7 Å². The van der Waals surface area contributed by atoms with E-state index in [0.717, 1.165) is 18.6 Å². The number of ketones is 1. The number of aryl methyl sites for hydroxylation is 1. The topological polar surface area (TPSA) is 131 Å². The van der Waals surface area contributed by atoms with E-state index in [1.165, 1.54) is 18.6 Å². The number of hydrogen-bond donors (Lipinski definition) is 3. The van der Waals surface area contributed by atoms with Gasteiger partial charge in [-0.05, 0) is 37.1 Å². The molecule has 2 amide bonds. The maximum atomic E-state index is 13.3. The maximum absolute atomic E-state index is 13.3. The molecule has 13 heteroatoms. The summed E-state index contributed by atoms with van der Waals surface area (Å²) in [6, 6.07) is 4.11. The summed E-state index contributed by atoms with van der Waals surface area (Å²) in [7, 11) is 0. The lowest BCUT2D eigenvalue weighted by Gasteiger charge is -2.31. The van der Waals surface area contributed by atoms with Crippen LogP contribution in [0.1, 0.15) is 58.1 Å². The summed E-state index contributed by atoms with van der Waals surface area (Å²) in [5.41, 5.74) is -0.227. The van der Waals surface area contributed by atoms with E-state index in [1.54, 1.807) is 23.8 Å². The number of halogens is 3. The Hall–Kier alpha value is -4.16. The van der Waals surface area contributed by atoms with E-state index in [9.17, 15) is 27.6 Å². The van der Waals surface area contributed by atoms with Gasteiger partial charge in [0.25, 0.3) is 5.91 Å². The summed E-state index contributed by atoms with van der Waals surface area (Å²) < 4.78 is 47.3. The van der Waals surface area contributed by atoms with Crippen molar-refractivity contribution in [1.29, 1.82) is 0 Å². The van der Waals surface area contributed by atoms with Gasteiger partial charge in [-0.3, -0.25) is 14.7 Å². The van der Waals surface area contributed by atoms with E-state index < -0.39 is 47.1 Å². The second kappa shape index (κ2) is 13.0. The summed E-state index contributed by atoms with van der Waals surface area (Å²) in [4.78, 5) is 42.5. The van der Waals surface area contributed by atoms with Crippen LogP contribution in [0.3, 0.4) is 0 Å². The Bertz CT molecular complexity index is 1350. The Morgan fingerprint density at radius 2 is 1.88 bits per heavy atom. The molecule has 41 heavy (non-hydrogen) atoms. The molecule has 0 fully saturated rings. The van der Waals surface area contributed by atoms with Crippen LogP contribution in [0, 0.1) is 12.3 Å². The molecule has 0 radical (unpaired) electrons. The van der Waals surface area contributed by atoms with Crippen LogP contribution in [0.25, 0.3) is 11.3 Å². The molecule has 0 saturated carbocycles. The molecule has 2 aromatic heterocycles. The highest BCUT2D eigenvalue weighted by molar-refractivity contribution is 6.42. The quantitative estimate of drug-likeness (QED) is 0.258. The maximum Gasteiger partial charge on any atom is 0.416 e. The number of nitrogens with zero attached hydrogens (tertiary/aromatic N) is 3. The molecule has 222 valence electrons. The zero-order chi connectivity index (χ0) is 30.4. The lowest BCUT2D eigenvalue weighted by atomic mass is 9.89. The van der Waals surface area contributed by atoms with E-state index in [1.807, 2.05) is 27.7 Å². The van der Waals surface area contributed by atoms with Crippen molar-refractivity contribution in [3.63, 3.8) is 0 Å². The van der Waals surface area contributed by atoms with E-state index in [4.69, 9.17) is 4.74 Å². The Labute approximate surface area is 236 Å². The normalized spacial score (nSPS) is 13.4. The summed E-state index contributed by atoms with van der Waals surface area (Å²) in [6.07, 6.45) is -0.0523. The third-order valence-electron chi connectivity index (χ3n) is 6.35. The molecule has 2 heterocycles. The number of unbranched alkanes of at least 4 members (excludes halogenated alkanes) is 1. The number of anilines is 1. The van der Waals surface area contributed by atoms with Gasteiger partial charge in [0.05, 0.1) is 30.3 Å². The number of alkyl carbamates (subject to hydrolysis) is 1. The Kier molecular flexibility index (Phi) is 9.95. The van der Waals surface area contributed by atoms with Crippen LogP contribution in [0.15, 0.2) is 43.0 Å². The lowest BCUT2D eigenvalue weighted by molar-refractivity contribution is -0.137. The van der Waals surface area contributed by atoms with Crippen molar-refractivity contribution in [2.75, 3.05) is 5.32 Å². The van der Waals surface area contributed by atoms with Crippen molar-refractivity contribution in [2.24, 2.45) is 5.41 Å². The molecule has 0 aliphatic rings. The molecular weight excluding hydrogens is 541 g/mol. The van der Waals surface area contributed by atoms with Gasteiger partial charge in [-0.1, -0.05) is 40.5 Å². The van der Waals surface area contributed by atoms with Crippen molar-refractivity contribution in [3.8, 4) is 11.3 Å². The summed E-state index contributed by atoms with van der Waals surface area (Å²) in [6.45, 7) is 9.22. The summed E-state index contributed by atoms with van der Waals surface area (Å²) >= 11 is 0. The molecule has 0 aliphatic carbocycles. The van der Waals surface area contributed by atoms with Crippen LogP contribution < -0.4 is 10.6 Å². The highest BCUT2D eigenvalue weighted by Gasteiger charge is 2.33. The summed E-state index contributed by atoms with van der Waals surface area (Å²) in [5.74, 6) is -1.49. The first-order valence-corrected chi connectivity index (χ1v) is 13.2. The van der Waals surface area contributed by atoms with Crippen molar-refractivity contribution in [1.82, 2.24) is 25.1 Å². The van der Waals surface area contributed by atoms with E-state index in [-0.39, 0.29) is 18.8 Å². The van der Waals surface area contributed by atoms with E-state index in [2.05, 4.69) is 25.8 Å². The molecule has 3 rings (SSSR count). The van der Waals surface area contributed by atoms with Gasteiger partial charge in [0.1, 0.15) is 18.0 Å². The molecular formula is C28H35F3N6O4. The van der Waals surface area contributed by atoms with E-state index in [0.29, 0.717) is 23.2 Å². The van der Waals surface area contributed by atoms with Crippen LogP contribution >= 0.6 is 0 Å². The predicted octanol–water partition coefficient (Wildman–Crippen LogP) is 5.51. The highest BCUT2D eigenvalue weighted by Crippen LogP contribution is 2.33. The molecule has 3 N–H and O–H groups in total. The smallest absolute Gasteiger partial charge is 0.416 e. The van der Waals surface area contributed by atoms with Crippen LogP contribution in [0.2, 0.25) is 0 Å². The molecule has 1 aromatic carbocycles. The van der Waals surface area contributed by atoms with Crippen LogP contribution in [-0.2, 0) is 27.0 Å². The standard InChI is InChI=1S/C28H35F3N6O4/c1-6-7-8-20(24(38)25(39)35-23-9-10-33-36-23)34-26(40)41-22(27(3,4)5)15-37-14-21(32-16-37)18-11-17(2)12-19(13-18)28(29,30)31/h9-14,16,20,22H,6-8,15H2,1-5H3,(H,34,40)(H2,33,35,36,39)/t20-,22+/m0/s1. The average Bonchev–Trinajstić information content (AvgIpc) is 3.56. The second-order valence-electron chi connectivity index (χ2n) is 10.9. The number of hydrogen-bond acceptors (Lipinski definition) is 6. The fourth-order valence-electron chi connectivity index (χ4n) is 4.03. The molecule has 0 spiro atoms. The number of H-pyrrole nitrogens is 1. The number of carbonyl (C=O) groups excluding carboxylic acids is 3. The van der Waals surface area contributed by atoms with Gasteiger partial charge >= 0.3 is 12.3 Å². The number of Topliss-reactive ketones (excluding diaryl/α,β-unsaturated/α-hetero) is 1. The van der Waals surface area contributed by atoms with Gasteiger partial charge in [-0.25, -0.2) is 9.78 Å². The minimum atomic E-state index is -4.49. The van der Waals surface area contributed by atoms with Gasteiger partial charge in [0.2, 0.25) is 5.78 Å². The zero-order valence-electron chi connectivity index (χ0n) is 23.6. The Morgan fingerprint density at radius 3 is 2.49 bits per heavy atom. The minimum Gasteiger partial charge on any atom is -0.444 e. The largest absolute Gasteiger partial charge is 0.444 e. The molecule has 3 aromatic rings. The number of amides is 2. The van der Waals surface area contributed by atoms with Crippen LogP contribution in [0.4, 0.5) is 23.8 Å². The third kappa shape index (κ3) is 8.92. The number of benzene rings is 1. The first-order valence-electron chi connectivity index (χ1n) is 13.2. The first kappa shape index (κ1) is 31.4. The van der Waals surface area contributed by atoms with Crippen molar-refractivity contribution in [2.45, 2.75) is 78.7 Å². The molecule has 2 atom stereocenters. The fraction of sp³-hybridized carbons (Fsp3) is 0.464. The fourth-order valence-corrected chi connectivity index (χ4v) is 4.03. The molecule has 0 saturated heterocycles. The van der Waals surface area contributed by atoms with Crippen molar-refractivity contribution < 1.29 is 32.3 Å². The SMILES string of the molecule is CCCC[C@H](NC(=O)O[C@H](Cn1cnc(-c2cc(C)cc(C(F)(F)F)c2)c1)C(C)(C)C)C(=O)C(=O)Nc1ccn[nH]1. The van der Waals surface area contributed by atoms with Gasteiger partial charge in [-0.2, -0.15) is 18.3 Å². The van der Waals surface area contributed by atoms with Crippen molar-refractivity contribution in [3.05, 3.63) is 54.1 Å². The number of ether oxygens (including phenoxy) is 1. The van der Waals surface area contributed by atoms with Gasteiger partial charge in [0.15, 0.2) is 0 Å². The monoisotopic (exact) mass is 576 g/mol. The number of rotatable bonds is 11. The number of carbonyl (C=O) groups is 3. The molecule has 10 nitrogen and oxygen atoms in total.